The lowest BCUT2D eigenvalue weighted by atomic mass is 9.97. The molecule has 0 aliphatic carbocycles. The van der Waals surface area contributed by atoms with E-state index in [0.717, 1.165) is 17.0 Å². The number of likely N-dealkylation sites (tertiary alicyclic amines) is 1. The fraction of sp³-hybridized carbons (Fsp3) is 0.643. The second-order valence-electron chi connectivity index (χ2n) is 5.22. The minimum absolute atomic E-state index is 0.0234. The topological polar surface area (TPSA) is 68.6 Å². The Morgan fingerprint density at radius 1 is 1.38 bits per heavy atom. The van der Waals surface area contributed by atoms with Crippen molar-refractivity contribution in [3.8, 4) is 0 Å². The molecule has 1 saturated heterocycles. The van der Waals surface area contributed by atoms with Gasteiger partial charge in [-0.1, -0.05) is 11.3 Å². The summed E-state index contributed by atoms with van der Waals surface area (Å²) in [4.78, 5) is 36.9. The Balaban J connectivity index is 1.83. The highest BCUT2D eigenvalue weighted by atomic mass is 32.1. The van der Waals surface area contributed by atoms with Crippen LogP contribution >= 0.6 is 11.3 Å². The number of ether oxygens (including phenoxy) is 1. The van der Waals surface area contributed by atoms with E-state index in [9.17, 15) is 14.4 Å². The van der Waals surface area contributed by atoms with Crippen molar-refractivity contribution < 1.29 is 14.3 Å². The molecular weight excluding hydrogens is 292 g/mol. The number of piperidine rings is 1. The molecule has 0 saturated carbocycles. The maximum absolute atomic E-state index is 12.2. The third-order valence-corrected chi connectivity index (χ3v) is 4.79. The van der Waals surface area contributed by atoms with E-state index >= 15 is 0 Å². The summed E-state index contributed by atoms with van der Waals surface area (Å²) in [6.07, 6.45) is 1.62. The number of carbonyl (C=O) groups excluding carboxylic acids is 2. The van der Waals surface area contributed by atoms with Crippen molar-refractivity contribution in [2.24, 2.45) is 5.92 Å². The van der Waals surface area contributed by atoms with E-state index in [1.807, 2.05) is 6.92 Å². The SMILES string of the molecule is COC(=O)C1CCN(C(=O)CCn2c(C)csc2=O)CC1. The lowest BCUT2D eigenvalue weighted by molar-refractivity contribution is -0.148. The van der Waals surface area contributed by atoms with Gasteiger partial charge in [0.15, 0.2) is 0 Å². The summed E-state index contributed by atoms with van der Waals surface area (Å²) in [5.74, 6) is -0.251. The summed E-state index contributed by atoms with van der Waals surface area (Å²) in [5.41, 5.74) is 0.891. The maximum atomic E-state index is 12.2. The molecule has 2 rings (SSSR count). The summed E-state index contributed by atoms with van der Waals surface area (Å²) < 4.78 is 6.36. The predicted molar refractivity (Wildman–Crippen MR) is 79.3 cm³/mol. The zero-order valence-corrected chi connectivity index (χ0v) is 13.1. The van der Waals surface area contributed by atoms with Crippen LogP contribution in [0.15, 0.2) is 10.2 Å². The Kier molecular flexibility index (Phi) is 5.17. The smallest absolute Gasteiger partial charge is 0.308 e. The van der Waals surface area contributed by atoms with Crippen LogP contribution in [0, 0.1) is 12.8 Å². The van der Waals surface area contributed by atoms with Crippen LogP contribution < -0.4 is 4.87 Å². The molecule has 2 heterocycles. The molecule has 0 unspecified atom stereocenters. The second-order valence-corrected chi connectivity index (χ2v) is 6.04. The van der Waals surface area contributed by atoms with E-state index in [-0.39, 0.29) is 22.7 Å². The van der Waals surface area contributed by atoms with Gasteiger partial charge in [0.1, 0.15) is 0 Å². The molecule has 116 valence electrons. The van der Waals surface area contributed by atoms with Crippen molar-refractivity contribution in [3.05, 3.63) is 20.7 Å². The molecule has 0 atom stereocenters. The van der Waals surface area contributed by atoms with Gasteiger partial charge < -0.3 is 14.2 Å². The lowest BCUT2D eigenvalue weighted by Gasteiger charge is -2.30. The zero-order chi connectivity index (χ0) is 15.4. The molecule has 0 N–H and O–H groups in total. The Bertz CT molecular complexity index is 570. The van der Waals surface area contributed by atoms with Gasteiger partial charge in [-0.2, -0.15) is 0 Å². The summed E-state index contributed by atoms with van der Waals surface area (Å²) in [6, 6.07) is 0. The Morgan fingerprint density at radius 2 is 2.05 bits per heavy atom. The third kappa shape index (κ3) is 3.72. The molecule has 21 heavy (non-hydrogen) atoms. The molecule has 0 radical (unpaired) electrons. The van der Waals surface area contributed by atoms with Crippen molar-refractivity contribution in [3.63, 3.8) is 0 Å². The largest absolute Gasteiger partial charge is 0.469 e. The first-order valence-corrected chi connectivity index (χ1v) is 7.91. The number of thiazole rings is 1. The number of hydrogen-bond acceptors (Lipinski definition) is 5. The van der Waals surface area contributed by atoms with Crippen LogP contribution in [0.3, 0.4) is 0 Å². The number of hydrogen-bond donors (Lipinski definition) is 0. The van der Waals surface area contributed by atoms with E-state index in [4.69, 9.17) is 4.74 Å². The van der Waals surface area contributed by atoms with Crippen molar-refractivity contribution in [2.45, 2.75) is 32.7 Å². The van der Waals surface area contributed by atoms with Crippen LogP contribution in [0.1, 0.15) is 25.0 Å². The molecule has 0 bridgehead atoms. The monoisotopic (exact) mass is 312 g/mol. The fourth-order valence-electron chi connectivity index (χ4n) is 2.57. The van der Waals surface area contributed by atoms with Crippen LogP contribution in [0.25, 0.3) is 0 Å². The molecule has 1 aliphatic heterocycles. The van der Waals surface area contributed by atoms with Crippen molar-refractivity contribution >= 4 is 23.2 Å². The van der Waals surface area contributed by atoms with Gasteiger partial charge in [0, 0.05) is 37.1 Å². The molecule has 1 amide bonds. The van der Waals surface area contributed by atoms with Crippen LogP contribution in [0.5, 0.6) is 0 Å². The van der Waals surface area contributed by atoms with Crippen molar-refractivity contribution in [1.82, 2.24) is 9.47 Å². The van der Waals surface area contributed by atoms with Gasteiger partial charge in [-0.15, -0.1) is 0 Å². The molecule has 0 spiro atoms. The minimum Gasteiger partial charge on any atom is -0.469 e. The standard InChI is InChI=1S/C14H20N2O4S/c1-10-9-21-14(19)16(10)8-5-12(17)15-6-3-11(4-7-15)13(18)20-2/h9,11H,3-8H2,1-2H3. The van der Waals surface area contributed by atoms with Crippen molar-refractivity contribution in [1.29, 1.82) is 0 Å². The molecule has 1 aromatic rings. The summed E-state index contributed by atoms with van der Waals surface area (Å²) in [6.45, 7) is 3.44. The zero-order valence-electron chi connectivity index (χ0n) is 12.3. The second kappa shape index (κ2) is 6.89. The average molecular weight is 312 g/mol. The number of methoxy groups -OCH3 is 1. The van der Waals surface area contributed by atoms with Gasteiger partial charge in [0.05, 0.1) is 13.0 Å². The maximum Gasteiger partial charge on any atom is 0.308 e. The highest BCUT2D eigenvalue weighted by molar-refractivity contribution is 7.07. The Morgan fingerprint density at radius 3 is 2.57 bits per heavy atom. The van der Waals surface area contributed by atoms with E-state index in [1.54, 1.807) is 14.8 Å². The number of rotatable bonds is 4. The number of nitrogens with zero attached hydrogens (tertiary/aromatic N) is 2. The minimum atomic E-state index is -0.192. The first-order chi connectivity index (χ1) is 10.0. The fourth-order valence-corrected chi connectivity index (χ4v) is 3.33. The van der Waals surface area contributed by atoms with E-state index in [2.05, 4.69) is 0 Å². The lowest BCUT2D eigenvalue weighted by Crippen LogP contribution is -2.41. The number of esters is 1. The van der Waals surface area contributed by atoms with Crippen molar-refractivity contribution in [2.75, 3.05) is 20.2 Å². The van der Waals surface area contributed by atoms with Crippen LogP contribution in [0.4, 0.5) is 0 Å². The quantitative estimate of drug-likeness (QED) is 0.779. The molecule has 1 aromatic heterocycles. The number of aromatic nitrogens is 1. The molecule has 6 nitrogen and oxygen atoms in total. The Labute approximate surface area is 127 Å². The first kappa shape index (κ1) is 15.8. The Hall–Kier alpha value is -1.63. The van der Waals surface area contributed by atoms with E-state index in [0.29, 0.717) is 38.9 Å². The molecule has 1 aliphatic rings. The van der Waals surface area contributed by atoms with Gasteiger partial charge in [0.2, 0.25) is 5.91 Å². The number of amides is 1. The van der Waals surface area contributed by atoms with Gasteiger partial charge in [-0.25, -0.2) is 0 Å². The predicted octanol–water partition coefficient (Wildman–Crippen LogP) is 1.02. The summed E-state index contributed by atoms with van der Waals surface area (Å²) >= 11 is 1.16. The summed E-state index contributed by atoms with van der Waals surface area (Å²) in [7, 11) is 1.39. The molecule has 1 fully saturated rings. The van der Waals surface area contributed by atoms with E-state index in [1.165, 1.54) is 7.11 Å². The molecular formula is C14H20N2O4S. The van der Waals surface area contributed by atoms with Crippen LogP contribution in [0.2, 0.25) is 0 Å². The average Bonchev–Trinajstić information content (AvgIpc) is 2.83. The van der Waals surface area contributed by atoms with Gasteiger partial charge >= 0.3 is 10.8 Å². The van der Waals surface area contributed by atoms with Gasteiger partial charge in [0.25, 0.3) is 0 Å². The normalized spacial score (nSPS) is 16.0. The van der Waals surface area contributed by atoms with E-state index < -0.39 is 0 Å². The van der Waals surface area contributed by atoms with Gasteiger partial charge in [-0.3, -0.25) is 14.4 Å². The summed E-state index contributed by atoms with van der Waals surface area (Å²) in [5, 5.41) is 1.80. The number of aryl methyl sites for hydroxylation is 1. The highest BCUT2D eigenvalue weighted by Gasteiger charge is 2.27. The first-order valence-electron chi connectivity index (χ1n) is 7.03. The van der Waals surface area contributed by atoms with Gasteiger partial charge in [-0.05, 0) is 19.8 Å². The number of carbonyl (C=O) groups is 2. The van der Waals surface area contributed by atoms with Crippen LogP contribution in [-0.4, -0.2) is 41.5 Å². The highest BCUT2D eigenvalue weighted by Crippen LogP contribution is 2.19. The molecule has 7 heteroatoms. The van der Waals surface area contributed by atoms with Crippen LogP contribution in [-0.2, 0) is 20.9 Å². The third-order valence-electron chi connectivity index (χ3n) is 3.91. The molecule has 0 aromatic carbocycles.